The van der Waals surface area contributed by atoms with Crippen LogP contribution >= 0.6 is 11.3 Å². The van der Waals surface area contributed by atoms with Crippen molar-refractivity contribution in [1.29, 1.82) is 0 Å². The van der Waals surface area contributed by atoms with Crippen LogP contribution in [0.5, 0.6) is 0 Å². The largest absolute Gasteiger partial charge is 0.348 e. The third-order valence-electron chi connectivity index (χ3n) is 4.07. The maximum Gasteiger partial charge on any atom is 0.271 e. The number of nitrogens with zero attached hydrogens (tertiary/aromatic N) is 1. The van der Waals surface area contributed by atoms with Gasteiger partial charge in [-0.15, -0.1) is 11.3 Å². The van der Waals surface area contributed by atoms with Crippen molar-refractivity contribution in [2.45, 2.75) is 45.1 Å². The van der Waals surface area contributed by atoms with E-state index in [1.165, 1.54) is 29.9 Å². The van der Waals surface area contributed by atoms with E-state index in [1.807, 2.05) is 6.92 Å². The number of hydrogen-bond acceptors (Lipinski definition) is 4. The summed E-state index contributed by atoms with van der Waals surface area (Å²) in [5.41, 5.74) is 0.630. The maximum atomic E-state index is 13.2. The molecule has 2 N–H and O–H groups in total. The van der Waals surface area contributed by atoms with E-state index >= 15 is 0 Å². The Labute approximate surface area is 143 Å². The number of rotatable bonds is 4. The van der Waals surface area contributed by atoms with Gasteiger partial charge in [-0.25, -0.2) is 13.8 Å². The van der Waals surface area contributed by atoms with Crippen molar-refractivity contribution in [3.05, 3.63) is 40.4 Å². The van der Waals surface area contributed by atoms with Crippen molar-refractivity contribution < 1.29 is 13.6 Å². The SMILES string of the molecule is Cc1sc(Nc2cc(F)cc(F)c2)nc1C(=O)NC1CCCCC1. The lowest BCUT2D eigenvalue weighted by molar-refractivity contribution is 0.0923. The van der Waals surface area contributed by atoms with Gasteiger partial charge in [0.05, 0.1) is 0 Å². The first-order valence-electron chi connectivity index (χ1n) is 8.02. The van der Waals surface area contributed by atoms with Crippen LogP contribution in [0.2, 0.25) is 0 Å². The first-order chi connectivity index (χ1) is 11.5. The molecule has 7 heteroatoms. The summed E-state index contributed by atoms with van der Waals surface area (Å²) in [5.74, 6) is -1.52. The lowest BCUT2D eigenvalue weighted by atomic mass is 9.95. The molecule has 1 aliphatic rings. The second kappa shape index (κ2) is 7.25. The molecule has 1 aromatic heterocycles. The minimum absolute atomic E-state index is 0.186. The van der Waals surface area contributed by atoms with Crippen molar-refractivity contribution in [3.8, 4) is 0 Å². The zero-order valence-electron chi connectivity index (χ0n) is 13.4. The highest BCUT2D eigenvalue weighted by Crippen LogP contribution is 2.27. The molecule has 2 aromatic rings. The van der Waals surface area contributed by atoms with Gasteiger partial charge in [0.15, 0.2) is 5.13 Å². The quantitative estimate of drug-likeness (QED) is 0.850. The number of anilines is 2. The molecule has 3 rings (SSSR count). The van der Waals surface area contributed by atoms with Gasteiger partial charge in [0.25, 0.3) is 5.91 Å². The molecule has 0 saturated heterocycles. The number of benzene rings is 1. The van der Waals surface area contributed by atoms with E-state index in [2.05, 4.69) is 15.6 Å². The highest BCUT2D eigenvalue weighted by molar-refractivity contribution is 7.15. The first kappa shape index (κ1) is 16.8. The van der Waals surface area contributed by atoms with Gasteiger partial charge in [0, 0.05) is 22.7 Å². The Morgan fingerprint density at radius 1 is 1.17 bits per heavy atom. The lowest BCUT2D eigenvalue weighted by Crippen LogP contribution is -2.36. The number of aryl methyl sites for hydroxylation is 1. The van der Waals surface area contributed by atoms with Crippen LogP contribution in [-0.4, -0.2) is 16.9 Å². The Bertz CT molecular complexity index is 721. The molecule has 0 atom stereocenters. The maximum absolute atomic E-state index is 13.2. The standard InChI is InChI=1S/C17H19F2N3OS/c1-10-15(16(23)20-13-5-3-2-4-6-13)22-17(24-10)21-14-8-11(18)7-12(19)9-14/h7-9,13H,2-6H2,1H3,(H,20,23)(H,21,22). The van der Waals surface area contributed by atoms with E-state index in [4.69, 9.17) is 0 Å². The summed E-state index contributed by atoms with van der Waals surface area (Å²) in [7, 11) is 0. The van der Waals surface area contributed by atoms with Crippen LogP contribution in [-0.2, 0) is 0 Å². The molecule has 1 saturated carbocycles. The molecule has 4 nitrogen and oxygen atoms in total. The molecule has 0 aliphatic heterocycles. The van der Waals surface area contributed by atoms with E-state index < -0.39 is 11.6 Å². The smallest absolute Gasteiger partial charge is 0.271 e. The third-order valence-corrected chi connectivity index (χ3v) is 4.95. The highest BCUT2D eigenvalue weighted by Gasteiger charge is 2.20. The number of thiazole rings is 1. The summed E-state index contributed by atoms with van der Waals surface area (Å²) < 4.78 is 26.5. The van der Waals surface area contributed by atoms with Gasteiger partial charge in [-0.05, 0) is 31.9 Å². The molecule has 128 valence electrons. The fourth-order valence-corrected chi connectivity index (χ4v) is 3.74. The molecular formula is C17H19F2N3OS. The van der Waals surface area contributed by atoms with Gasteiger partial charge in [0.1, 0.15) is 17.3 Å². The Kier molecular flexibility index (Phi) is 5.08. The van der Waals surface area contributed by atoms with E-state index in [1.54, 1.807) is 0 Å². The zero-order valence-corrected chi connectivity index (χ0v) is 14.2. The van der Waals surface area contributed by atoms with E-state index in [0.29, 0.717) is 10.8 Å². The van der Waals surface area contributed by atoms with Crippen molar-refractivity contribution >= 4 is 28.1 Å². The molecule has 1 aromatic carbocycles. The molecule has 1 amide bonds. The number of nitrogens with one attached hydrogen (secondary N) is 2. The Hall–Kier alpha value is -2.02. The summed E-state index contributed by atoms with van der Waals surface area (Å²) >= 11 is 1.28. The molecule has 0 bridgehead atoms. The molecule has 24 heavy (non-hydrogen) atoms. The van der Waals surface area contributed by atoms with Crippen LogP contribution < -0.4 is 10.6 Å². The second-order valence-electron chi connectivity index (χ2n) is 6.02. The average molecular weight is 351 g/mol. The molecule has 0 radical (unpaired) electrons. The monoisotopic (exact) mass is 351 g/mol. The summed E-state index contributed by atoms with van der Waals surface area (Å²) in [5, 5.41) is 6.32. The van der Waals surface area contributed by atoms with Gasteiger partial charge in [-0.2, -0.15) is 0 Å². The normalized spacial score (nSPS) is 15.3. The van der Waals surface area contributed by atoms with Crippen LogP contribution in [0.25, 0.3) is 0 Å². The summed E-state index contributed by atoms with van der Waals surface area (Å²) in [6.45, 7) is 1.81. The lowest BCUT2D eigenvalue weighted by Gasteiger charge is -2.22. The van der Waals surface area contributed by atoms with Crippen LogP contribution in [0.3, 0.4) is 0 Å². The van der Waals surface area contributed by atoms with E-state index in [9.17, 15) is 13.6 Å². The fourth-order valence-electron chi connectivity index (χ4n) is 2.91. The first-order valence-corrected chi connectivity index (χ1v) is 8.84. The summed E-state index contributed by atoms with van der Waals surface area (Å²) in [6.07, 6.45) is 5.50. The number of amides is 1. The van der Waals surface area contributed by atoms with E-state index in [0.717, 1.165) is 36.6 Å². The van der Waals surface area contributed by atoms with E-state index in [-0.39, 0.29) is 17.6 Å². The minimum atomic E-state index is -0.666. The minimum Gasteiger partial charge on any atom is -0.348 e. The van der Waals surface area contributed by atoms with Gasteiger partial charge >= 0.3 is 0 Å². The van der Waals surface area contributed by atoms with Crippen molar-refractivity contribution in [2.24, 2.45) is 0 Å². The Balaban J connectivity index is 1.70. The van der Waals surface area contributed by atoms with Gasteiger partial charge < -0.3 is 10.6 Å². The summed E-state index contributed by atoms with van der Waals surface area (Å²) in [4.78, 5) is 17.4. The fraction of sp³-hybridized carbons (Fsp3) is 0.412. The predicted molar refractivity (Wildman–Crippen MR) is 90.8 cm³/mol. The molecule has 1 heterocycles. The zero-order chi connectivity index (χ0) is 17.1. The molecule has 0 spiro atoms. The van der Waals surface area contributed by atoms with Crippen LogP contribution in [0.15, 0.2) is 18.2 Å². The van der Waals surface area contributed by atoms with Crippen LogP contribution in [0.4, 0.5) is 19.6 Å². The second-order valence-corrected chi connectivity index (χ2v) is 7.22. The van der Waals surface area contributed by atoms with Crippen molar-refractivity contribution in [3.63, 3.8) is 0 Å². The number of halogens is 2. The predicted octanol–water partition coefficient (Wildman–Crippen LogP) is 4.54. The van der Waals surface area contributed by atoms with Gasteiger partial charge in [0.2, 0.25) is 0 Å². The molecule has 0 unspecified atom stereocenters. The number of carbonyl (C=O) groups excluding carboxylic acids is 1. The number of aromatic nitrogens is 1. The summed E-state index contributed by atoms with van der Waals surface area (Å²) in [6, 6.07) is 3.38. The number of carbonyl (C=O) groups is 1. The molecule has 1 fully saturated rings. The number of hydrogen-bond donors (Lipinski definition) is 2. The average Bonchev–Trinajstić information content (AvgIpc) is 2.88. The Morgan fingerprint density at radius 2 is 1.83 bits per heavy atom. The van der Waals surface area contributed by atoms with Crippen molar-refractivity contribution in [2.75, 3.05) is 5.32 Å². The molecule has 1 aliphatic carbocycles. The van der Waals surface area contributed by atoms with Crippen LogP contribution in [0.1, 0.15) is 47.5 Å². The van der Waals surface area contributed by atoms with Crippen molar-refractivity contribution in [1.82, 2.24) is 10.3 Å². The Morgan fingerprint density at radius 3 is 2.50 bits per heavy atom. The van der Waals surface area contributed by atoms with Gasteiger partial charge in [-0.1, -0.05) is 19.3 Å². The van der Waals surface area contributed by atoms with Gasteiger partial charge in [-0.3, -0.25) is 4.79 Å². The van der Waals surface area contributed by atoms with Crippen LogP contribution in [0, 0.1) is 18.6 Å². The molecular weight excluding hydrogens is 332 g/mol. The third kappa shape index (κ3) is 4.08. The highest BCUT2D eigenvalue weighted by atomic mass is 32.1. The topological polar surface area (TPSA) is 54.0 Å².